The van der Waals surface area contributed by atoms with Crippen LogP contribution in [0.25, 0.3) is 11.2 Å². The molecule has 0 radical (unpaired) electrons. The van der Waals surface area contributed by atoms with Gasteiger partial charge in [-0.3, -0.25) is 18.9 Å². The molecule has 4 aromatic rings. The Kier molecular flexibility index (Phi) is 5.81. The number of nitrogens with zero attached hydrogens (tertiary/aromatic N) is 5. The Morgan fingerprint density at radius 2 is 1.58 bits per heavy atom. The van der Waals surface area contributed by atoms with E-state index in [1.807, 2.05) is 9.80 Å². The van der Waals surface area contributed by atoms with Gasteiger partial charge in [0.05, 0.1) is 12.1 Å². The standard InChI is InChI=1S/C24H22F4N6O2/c1-31-20-19(21(35)30-23(31)36)34(14-15-4-2-3-5-18(15)25)22(29-20)33-12-10-32(11-13-33)17-8-6-16(7-9-17)24(26,27)28/h2-9H,10-14H2,1H3,(H,30,35,36). The van der Waals surface area contributed by atoms with Crippen molar-refractivity contribution >= 4 is 22.8 Å². The van der Waals surface area contributed by atoms with E-state index in [-0.39, 0.29) is 17.7 Å². The molecule has 1 fully saturated rings. The normalized spacial score (nSPS) is 14.6. The second-order valence-corrected chi connectivity index (χ2v) is 8.60. The highest BCUT2D eigenvalue weighted by molar-refractivity contribution is 5.74. The van der Waals surface area contributed by atoms with Crippen LogP contribution < -0.4 is 21.0 Å². The molecular formula is C24H22F4N6O2. The molecule has 0 unspecified atom stereocenters. The van der Waals surface area contributed by atoms with Gasteiger partial charge in [0.15, 0.2) is 11.2 Å². The number of piperazine rings is 1. The van der Waals surface area contributed by atoms with Crippen LogP contribution in [0.4, 0.5) is 29.2 Å². The van der Waals surface area contributed by atoms with Gasteiger partial charge in [0.25, 0.3) is 5.56 Å². The zero-order chi connectivity index (χ0) is 25.6. The van der Waals surface area contributed by atoms with E-state index >= 15 is 0 Å². The number of aromatic nitrogens is 4. The number of hydrogen-bond acceptors (Lipinski definition) is 5. The van der Waals surface area contributed by atoms with Crippen molar-refractivity contribution in [2.24, 2.45) is 7.05 Å². The summed E-state index contributed by atoms with van der Waals surface area (Å²) in [6.45, 7) is 1.91. The maximum atomic E-state index is 14.5. The Balaban J connectivity index is 1.47. The molecule has 1 aliphatic heterocycles. The molecule has 3 heterocycles. The second kappa shape index (κ2) is 8.85. The van der Waals surface area contributed by atoms with E-state index in [1.165, 1.54) is 29.8 Å². The summed E-state index contributed by atoms with van der Waals surface area (Å²) in [5.41, 5.74) is -0.576. The lowest BCUT2D eigenvalue weighted by molar-refractivity contribution is -0.137. The minimum Gasteiger partial charge on any atom is -0.368 e. The molecule has 2 aromatic carbocycles. The number of rotatable bonds is 4. The van der Waals surface area contributed by atoms with E-state index in [9.17, 15) is 27.2 Å². The van der Waals surface area contributed by atoms with Gasteiger partial charge in [0, 0.05) is 44.5 Å². The molecule has 12 heteroatoms. The number of aryl methyl sites for hydroxylation is 1. The lowest BCUT2D eigenvalue weighted by Gasteiger charge is -2.36. The largest absolute Gasteiger partial charge is 0.416 e. The molecule has 0 bridgehead atoms. The fourth-order valence-corrected chi connectivity index (χ4v) is 4.44. The van der Waals surface area contributed by atoms with Crippen molar-refractivity contribution in [3.05, 3.63) is 86.3 Å². The molecule has 1 saturated heterocycles. The zero-order valence-electron chi connectivity index (χ0n) is 19.2. The number of H-pyrrole nitrogens is 1. The van der Waals surface area contributed by atoms with Crippen LogP contribution in [-0.2, 0) is 19.8 Å². The number of benzene rings is 2. The first-order valence-corrected chi connectivity index (χ1v) is 11.2. The molecule has 36 heavy (non-hydrogen) atoms. The highest BCUT2D eigenvalue weighted by Crippen LogP contribution is 2.31. The molecule has 188 valence electrons. The van der Waals surface area contributed by atoms with Crippen molar-refractivity contribution < 1.29 is 17.6 Å². The van der Waals surface area contributed by atoms with Crippen LogP contribution in [0.1, 0.15) is 11.1 Å². The molecule has 0 saturated carbocycles. The monoisotopic (exact) mass is 502 g/mol. The molecule has 8 nitrogen and oxygen atoms in total. The van der Waals surface area contributed by atoms with Crippen LogP contribution >= 0.6 is 0 Å². The second-order valence-electron chi connectivity index (χ2n) is 8.60. The lowest BCUT2D eigenvalue weighted by atomic mass is 10.1. The van der Waals surface area contributed by atoms with Gasteiger partial charge >= 0.3 is 11.9 Å². The number of alkyl halides is 3. The molecule has 0 atom stereocenters. The number of anilines is 2. The number of hydrogen-bond donors (Lipinski definition) is 1. The average Bonchev–Trinajstić information content (AvgIpc) is 3.23. The van der Waals surface area contributed by atoms with E-state index < -0.39 is 28.8 Å². The van der Waals surface area contributed by atoms with Crippen LogP contribution in [-0.4, -0.2) is 45.3 Å². The van der Waals surface area contributed by atoms with Crippen molar-refractivity contribution in [2.75, 3.05) is 36.0 Å². The number of fused-ring (bicyclic) bond motifs is 1. The van der Waals surface area contributed by atoms with Gasteiger partial charge in [-0.25, -0.2) is 9.18 Å². The third kappa shape index (κ3) is 4.23. The van der Waals surface area contributed by atoms with Crippen LogP contribution in [0, 0.1) is 5.82 Å². The molecule has 0 amide bonds. The maximum Gasteiger partial charge on any atom is 0.416 e. The molecule has 1 N–H and O–H groups in total. The Morgan fingerprint density at radius 3 is 2.22 bits per heavy atom. The smallest absolute Gasteiger partial charge is 0.368 e. The van der Waals surface area contributed by atoms with Gasteiger partial charge < -0.3 is 9.80 Å². The van der Waals surface area contributed by atoms with Gasteiger partial charge in [-0.15, -0.1) is 0 Å². The van der Waals surface area contributed by atoms with Crippen molar-refractivity contribution in [3.63, 3.8) is 0 Å². The Morgan fingerprint density at radius 1 is 0.944 bits per heavy atom. The summed E-state index contributed by atoms with van der Waals surface area (Å²) in [5.74, 6) is -0.0225. The maximum absolute atomic E-state index is 14.5. The van der Waals surface area contributed by atoms with Gasteiger partial charge in [-0.2, -0.15) is 18.2 Å². The topological polar surface area (TPSA) is 79.2 Å². The summed E-state index contributed by atoms with van der Waals surface area (Å²) < 4.78 is 56.0. The predicted molar refractivity (Wildman–Crippen MR) is 127 cm³/mol. The summed E-state index contributed by atoms with van der Waals surface area (Å²) in [5, 5.41) is 0. The number of nitrogens with one attached hydrogen (secondary N) is 1. The summed E-state index contributed by atoms with van der Waals surface area (Å²) >= 11 is 0. The molecule has 1 aliphatic rings. The van der Waals surface area contributed by atoms with Gasteiger partial charge in [-0.1, -0.05) is 18.2 Å². The molecular weight excluding hydrogens is 480 g/mol. The van der Waals surface area contributed by atoms with E-state index in [0.717, 1.165) is 12.1 Å². The third-order valence-electron chi connectivity index (χ3n) is 6.40. The summed E-state index contributed by atoms with van der Waals surface area (Å²) in [7, 11) is 1.49. The van der Waals surface area contributed by atoms with E-state index in [0.29, 0.717) is 43.4 Å². The first-order chi connectivity index (χ1) is 17.1. The fourth-order valence-electron chi connectivity index (χ4n) is 4.44. The summed E-state index contributed by atoms with van der Waals surface area (Å²) in [6, 6.07) is 11.2. The molecule has 0 aliphatic carbocycles. The van der Waals surface area contributed by atoms with Crippen LogP contribution in [0.2, 0.25) is 0 Å². The Hall–Kier alpha value is -4.09. The van der Waals surface area contributed by atoms with Crippen LogP contribution in [0.15, 0.2) is 58.1 Å². The molecule has 5 rings (SSSR count). The first kappa shape index (κ1) is 23.6. The average molecular weight is 502 g/mol. The van der Waals surface area contributed by atoms with Crippen LogP contribution in [0.5, 0.6) is 0 Å². The number of halogens is 4. The SMILES string of the molecule is Cn1c(=O)[nH]c(=O)c2c1nc(N1CCN(c3ccc(C(F)(F)F)cc3)CC1)n2Cc1ccccc1F. The third-order valence-corrected chi connectivity index (χ3v) is 6.40. The first-order valence-electron chi connectivity index (χ1n) is 11.2. The number of imidazole rings is 1. The minimum atomic E-state index is -4.40. The Bertz CT molecular complexity index is 1530. The van der Waals surface area contributed by atoms with Crippen LogP contribution in [0.3, 0.4) is 0 Å². The fraction of sp³-hybridized carbons (Fsp3) is 0.292. The highest BCUT2D eigenvalue weighted by Gasteiger charge is 2.31. The quantitative estimate of drug-likeness (QED) is 0.434. The molecule has 0 spiro atoms. The molecule has 2 aromatic heterocycles. The van der Waals surface area contributed by atoms with Crippen molar-refractivity contribution in [1.82, 2.24) is 19.1 Å². The highest BCUT2D eigenvalue weighted by atomic mass is 19.4. The van der Waals surface area contributed by atoms with Gasteiger partial charge in [-0.05, 0) is 30.3 Å². The summed E-state index contributed by atoms with van der Waals surface area (Å²) in [4.78, 5) is 35.6. The zero-order valence-corrected chi connectivity index (χ0v) is 19.2. The number of aromatic amines is 1. The predicted octanol–water partition coefficient (Wildman–Crippen LogP) is 2.96. The van der Waals surface area contributed by atoms with Gasteiger partial charge in [0.1, 0.15) is 5.82 Å². The van der Waals surface area contributed by atoms with Crippen molar-refractivity contribution in [1.29, 1.82) is 0 Å². The van der Waals surface area contributed by atoms with Crippen molar-refractivity contribution in [2.45, 2.75) is 12.7 Å². The Labute approximate surface area is 202 Å². The van der Waals surface area contributed by atoms with E-state index in [1.54, 1.807) is 22.8 Å². The van der Waals surface area contributed by atoms with Crippen molar-refractivity contribution in [3.8, 4) is 0 Å². The van der Waals surface area contributed by atoms with E-state index in [4.69, 9.17) is 0 Å². The van der Waals surface area contributed by atoms with Gasteiger partial charge in [0.2, 0.25) is 5.95 Å². The minimum absolute atomic E-state index is 0.0267. The lowest BCUT2D eigenvalue weighted by Crippen LogP contribution is -2.47. The summed E-state index contributed by atoms with van der Waals surface area (Å²) in [6.07, 6.45) is -4.40. The van der Waals surface area contributed by atoms with E-state index in [2.05, 4.69) is 9.97 Å².